The van der Waals surface area contributed by atoms with Crippen LogP contribution in [0.15, 0.2) is 24.3 Å². The number of hydrogen-bond donors (Lipinski definition) is 0. The van der Waals surface area contributed by atoms with Gasteiger partial charge in [-0.1, -0.05) is 12.1 Å². The molecule has 0 amide bonds. The maximum absolute atomic E-state index is 5.60. The number of ether oxygens (including phenoxy) is 2. The zero-order valence-electron chi connectivity index (χ0n) is 11.4. The SMILES string of the molecule is CCOC(OCC)c1ccc(N2CCCC2)cc1. The average Bonchev–Trinajstić information content (AvgIpc) is 2.93. The number of rotatable bonds is 6. The lowest BCUT2D eigenvalue weighted by molar-refractivity contribution is -0.140. The molecule has 1 aliphatic heterocycles. The van der Waals surface area contributed by atoms with Gasteiger partial charge in [0.25, 0.3) is 0 Å². The second-order valence-electron chi connectivity index (χ2n) is 4.53. The average molecular weight is 249 g/mol. The van der Waals surface area contributed by atoms with Crippen molar-refractivity contribution in [2.24, 2.45) is 0 Å². The van der Waals surface area contributed by atoms with Crippen LogP contribution in [-0.2, 0) is 9.47 Å². The molecule has 3 heteroatoms. The highest BCUT2D eigenvalue weighted by atomic mass is 16.7. The summed E-state index contributed by atoms with van der Waals surface area (Å²) in [6.45, 7) is 7.67. The van der Waals surface area contributed by atoms with Gasteiger partial charge in [-0.05, 0) is 38.8 Å². The third-order valence-electron chi connectivity index (χ3n) is 3.27. The van der Waals surface area contributed by atoms with Crippen LogP contribution in [0.2, 0.25) is 0 Å². The molecular formula is C15H23NO2. The zero-order valence-corrected chi connectivity index (χ0v) is 11.4. The lowest BCUT2D eigenvalue weighted by Gasteiger charge is -2.20. The van der Waals surface area contributed by atoms with Gasteiger partial charge in [-0.3, -0.25) is 0 Å². The molecule has 0 N–H and O–H groups in total. The molecule has 1 aromatic rings. The van der Waals surface area contributed by atoms with Crippen LogP contribution < -0.4 is 4.90 Å². The molecule has 1 fully saturated rings. The fourth-order valence-corrected chi connectivity index (χ4v) is 2.36. The van der Waals surface area contributed by atoms with Crippen LogP contribution in [0.3, 0.4) is 0 Å². The zero-order chi connectivity index (χ0) is 12.8. The summed E-state index contributed by atoms with van der Waals surface area (Å²) < 4.78 is 11.2. The van der Waals surface area contributed by atoms with Gasteiger partial charge in [-0.2, -0.15) is 0 Å². The molecule has 0 spiro atoms. The van der Waals surface area contributed by atoms with E-state index >= 15 is 0 Å². The van der Waals surface area contributed by atoms with Crippen LogP contribution in [0.25, 0.3) is 0 Å². The third-order valence-corrected chi connectivity index (χ3v) is 3.27. The Morgan fingerprint density at radius 1 is 1.00 bits per heavy atom. The molecule has 0 saturated carbocycles. The molecule has 1 aliphatic rings. The predicted octanol–water partition coefficient (Wildman–Crippen LogP) is 3.36. The van der Waals surface area contributed by atoms with Gasteiger partial charge in [0, 0.05) is 37.6 Å². The Kier molecular flexibility index (Phi) is 5.02. The standard InChI is InChI=1S/C15H23NO2/c1-3-17-15(18-4-2)13-7-9-14(10-8-13)16-11-5-6-12-16/h7-10,15H,3-6,11-12H2,1-2H3. The van der Waals surface area contributed by atoms with Crippen molar-refractivity contribution >= 4 is 5.69 Å². The van der Waals surface area contributed by atoms with Crippen LogP contribution in [0, 0.1) is 0 Å². The monoisotopic (exact) mass is 249 g/mol. The number of nitrogens with zero attached hydrogens (tertiary/aromatic N) is 1. The van der Waals surface area contributed by atoms with E-state index in [1.165, 1.54) is 31.6 Å². The third kappa shape index (κ3) is 3.24. The van der Waals surface area contributed by atoms with Crippen LogP contribution in [-0.4, -0.2) is 26.3 Å². The Balaban J connectivity index is 2.04. The molecular weight excluding hydrogens is 226 g/mol. The van der Waals surface area contributed by atoms with Crippen LogP contribution in [0.4, 0.5) is 5.69 Å². The molecule has 0 aromatic heterocycles. The highest BCUT2D eigenvalue weighted by Crippen LogP contribution is 2.24. The van der Waals surface area contributed by atoms with E-state index in [0.717, 1.165) is 5.56 Å². The Bertz CT molecular complexity index is 338. The maximum atomic E-state index is 5.60. The van der Waals surface area contributed by atoms with Crippen molar-refractivity contribution in [2.75, 3.05) is 31.2 Å². The van der Waals surface area contributed by atoms with Crippen LogP contribution in [0.5, 0.6) is 0 Å². The van der Waals surface area contributed by atoms with Crippen molar-refractivity contribution in [3.05, 3.63) is 29.8 Å². The second kappa shape index (κ2) is 6.76. The number of benzene rings is 1. The Hall–Kier alpha value is -1.06. The minimum absolute atomic E-state index is 0.229. The predicted molar refractivity (Wildman–Crippen MR) is 73.9 cm³/mol. The van der Waals surface area contributed by atoms with Gasteiger partial charge in [0.2, 0.25) is 0 Å². The topological polar surface area (TPSA) is 21.7 Å². The van der Waals surface area contributed by atoms with E-state index in [4.69, 9.17) is 9.47 Å². The molecule has 0 bridgehead atoms. The van der Waals surface area contributed by atoms with Crippen molar-refractivity contribution in [3.63, 3.8) is 0 Å². The first-order valence-corrected chi connectivity index (χ1v) is 6.93. The van der Waals surface area contributed by atoms with E-state index in [9.17, 15) is 0 Å². The van der Waals surface area contributed by atoms with Crippen molar-refractivity contribution < 1.29 is 9.47 Å². The van der Waals surface area contributed by atoms with Crippen molar-refractivity contribution in [3.8, 4) is 0 Å². The fraction of sp³-hybridized carbons (Fsp3) is 0.600. The van der Waals surface area contributed by atoms with Gasteiger partial charge >= 0.3 is 0 Å². The first-order chi connectivity index (χ1) is 8.85. The van der Waals surface area contributed by atoms with Gasteiger partial charge in [0.05, 0.1) is 0 Å². The molecule has 1 aromatic carbocycles. The number of hydrogen-bond acceptors (Lipinski definition) is 3. The molecule has 3 nitrogen and oxygen atoms in total. The summed E-state index contributed by atoms with van der Waals surface area (Å²) in [5.41, 5.74) is 2.41. The minimum atomic E-state index is -0.229. The summed E-state index contributed by atoms with van der Waals surface area (Å²) in [7, 11) is 0. The molecule has 0 aliphatic carbocycles. The lowest BCUT2D eigenvalue weighted by Crippen LogP contribution is -2.17. The molecule has 1 heterocycles. The lowest BCUT2D eigenvalue weighted by atomic mass is 10.2. The number of anilines is 1. The molecule has 0 radical (unpaired) electrons. The van der Waals surface area contributed by atoms with E-state index in [-0.39, 0.29) is 6.29 Å². The minimum Gasteiger partial charge on any atom is -0.372 e. The van der Waals surface area contributed by atoms with Gasteiger partial charge in [0.1, 0.15) is 0 Å². The van der Waals surface area contributed by atoms with Gasteiger partial charge in [-0.25, -0.2) is 0 Å². The smallest absolute Gasteiger partial charge is 0.183 e. The fourth-order valence-electron chi connectivity index (χ4n) is 2.36. The second-order valence-corrected chi connectivity index (χ2v) is 4.53. The van der Waals surface area contributed by atoms with Crippen molar-refractivity contribution in [1.29, 1.82) is 0 Å². The summed E-state index contributed by atoms with van der Waals surface area (Å²) in [6, 6.07) is 8.57. The Morgan fingerprint density at radius 2 is 1.56 bits per heavy atom. The molecule has 100 valence electrons. The highest BCUT2D eigenvalue weighted by Gasteiger charge is 2.14. The summed E-state index contributed by atoms with van der Waals surface area (Å²) in [5, 5.41) is 0. The normalized spacial score (nSPS) is 15.6. The molecule has 0 unspecified atom stereocenters. The Labute approximate surface area is 110 Å². The molecule has 0 atom stereocenters. The summed E-state index contributed by atoms with van der Waals surface area (Å²) in [4.78, 5) is 2.43. The van der Waals surface area contributed by atoms with Crippen LogP contribution in [0.1, 0.15) is 38.5 Å². The van der Waals surface area contributed by atoms with E-state index in [1.54, 1.807) is 0 Å². The van der Waals surface area contributed by atoms with E-state index in [1.807, 2.05) is 13.8 Å². The highest BCUT2D eigenvalue weighted by molar-refractivity contribution is 5.48. The largest absolute Gasteiger partial charge is 0.372 e. The molecule has 18 heavy (non-hydrogen) atoms. The van der Waals surface area contributed by atoms with E-state index in [0.29, 0.717) is 13.2 Å². The Morgan fingerprint density at radius 3 is 2.06 bits per heavy atom. The molecule has 2 rings (SSSR count). The van der Waals surface area contributed by atoms with Crippen molar-refractivity contribution in [1.82, 2.24) is 0 Å². The summed E-state index contributed by atoms with van der Waals surface area (Å²) in [6.07, 6.45) is 2.39. The van der Waals surface area contributed by atoms with Crippen LogP contribution >= 0.6 is 0 Å². The van der Waals surface area contributed by atoms with Gasteiger partial charge in [-0.15, -0.1) is 0 Å². The first-order valence-electron chi connectivity index (χ1n) is 6.93. The first kappa shape index (κ1) is 13.4. The van der Waals surface area contributed by atoms with E-state index in [2.05, 4.69) is 29.2 Å². The summed E-state index contributed by atoms with van der Waals surface area (Å²) >= 11 is 0. The van der Waals surface area contributed by atoms with Gasteiger partial charge < -0.3 is 14.4 Å². The maximum Gasteiger partial charge on any atom is 0.183 e. The van der Waals surface area contributed by atoms with Crippen molar-refractivity contribution in [2.45, 2.75) is 33.0 Å². The van der Waals surface area contributed by atoms with E-state index < -0.39 is 0 Å². The summed E-state index contributed by atoms with van der Waals surface area (Å²) in [5.74, 6) is 0. The van der Waals surface area contributed by atoms with Gasteiger partial charge in [0.15, 0.2) is 6.29 Å². The quantitative estimate of drug-likeness (QED) is 0.722. The molecule has 1 saturated heterocycles.